The van der Waals surface area contributed by atoms with Gasteiger partial charge >= 0.3 is 0 Å². The molecule has 0 aliphatic carbocycles. The van der Waals surface area contributed by atoms with Crippen molar-refractivity contribution in [2.45, 2.75) is 49.8 Å². The van der Waals surface area contributed by atoms with Gasteiger partial charge in [-0.1, -0.05) is 30.7 Å². The largest absolute Gasteiger partial charge is 0.383 e. The van der Waals surface area contributed by atoms with Gasteiger partial charge in [0.05, 0.1) is 11.2 Å². The molecule has 3 nitrogen and oxygen atoms in total. The second kappa shape index (κ2) is 4.79. The number of hydrogen-bond donors (Lipinski definition) is 1. The summed E-state index contributed by atoms with van der Waals surface area (Å²) >= 11 is 0. The number of fused-ring (bicyclic) bond motifs is 3. The Morgan fingerprint density at radius 1 is 1.10 bits per heavy atom. The van der Waals surface area contributed by atoms with Gasteiger partial charge in [0.25, 0.3) is 0 Å². The standard InChI is InChI=1S/C18H22N2O/c1-20-14-6-4-7-15(20)12-18(21,11-14)17-10-9-13-5-2-3-8-16(13)19-17/h2-3,5,8-10,14-15,21H,4,6-7,11-12H2,1H3. The molecular weight excluding hydrogens is 260 g/mol. The van der Waals surface area contributed by atoms with Crippen LogP contribution in [0.1, 0.15) is 37.8 Å². The molecule has 2 fully saturated rings. The van der Waals surface area contributed by atoms with Gasteiger partial charge in [-0.2, -0.15) is 0 Å². The second-order valence-corrected chi connectivity index (χ2v) is 6.73. The molecule has 2 atom stereocenters. The zero-order chi connectivity index (χ0) is 14.4. The fourth-order valence-corrected chi connectivity index (χ4v) is 4.18. The van der Waals surface area contributed by atoms with Crippen molar-refractivity contribution in [3.63, 3.8) is 0 Å². The molecule has 2 bridgehead atoms. The number of benzene rings is 1. The van der Waals surface area contributed by atoms with Crippen LogP contribution in [0.15, 0.2) is 36.4 Å². The van der Waals surface area contributed by atoms with Crippen molar-refractivity contribution in [1.82, 2.24) is 9.88 Å². The van der Waals surface area contributed by atoms with Gasteiger partial charge in [0.15, 0.2) is 0 Å². The van der Waals surface area contributed by atoms with Crippen molar-refractivity contribution in [2.75, 3.05) is 7.05 Å². The van der Waals surface area contributed by atoms with Crippen LogP contribution in [0.4, 0.5) is 0 Å². The first kappa shape index (κ1) is 13.2. The highest BCUT2D eigenvalue weighted by molar-refractivity contribution is 5.78. The van der Waals surface area contributed by atoms with E-state index in [2.05, 4.69) is 24.1 Å². The molecule has 2 unspecified atom stereocenters. The van der Waals surface area contributed by atoms with E-state index < -0.39 is 5.60 Å². The fourth-order valence-electron chi connectivity index (χ4n) is 4.18. The van der Waals surface area contributed by atoms with E-state index >= 15 is 0 Å². The quantitative estimate of drug-likeness (QED) is 0.873. The molecule has 0 radical (unpaired) electrons. The van der Waals surface area contributed by atoms with Crippen LogP contribution in [0, 0.1) is 0 Å². The van der Waals surface area contributed by atoms with Crippen LogP contribution in [-0.2, 0) is 5.60 Å². The van der Waals surface area contributed by atoms with Crippen molar-refractivity contribution in [2.24, 2.45) is 0 Å². The summed E-state index contributed by atoms with van der Waals surface area (Å²) in [6, 6.07) is 13.2. The third-order valence-corrected chi connectivity index (χ3v) is 5.45. The molecule has 0 spiro atoms. The maximum absolute atomic E-state index is 11.2. The summed E-state index contributed by atoms with van der Waals surface area (Å²) in [7, 11) is 2.21. The Morgan fingerprint density at radius 3 is 2.57 bits per heavy atom. The normalized spacial score (nSPS) is 33.2. The van der Waals surface area contributed by atoms with Crippen molar-refractivity contribution < 1.29 is 5.11 Å². The molecule has 0 amide bonds. The lowest BCUT2D eigenvalue weighted by atomic mass is 9.74. The van der Waals surface area contributed by atoms with Crippen LogP contribution < -0.4 is 0 Å². The number of aliphatic hydroxyl groups is 1. The fraction of sp³-hybridized carbons (Fsp3) is 0.500. The van der Waals surface area contributed by atoms with E-state index in [1.54, 1.807) is 0 Å². The predicted molar refractivity (Wildman–Crippen MR) is 84.1 cm³/mol. The lowest BCUT2D eigenvalue weighted by Gasteiger charge is -2.50. The molecule has 2 aliphatic heterocycles. The van der Waals surface area contributed by atoms with E-state index in [-0.39, 0.29) is 0 Å². The van der Waals surface area contributed by atoms with Crippen LogP contribution in [0.25, 0.3) is 10.9 Å². The molecule has 21 heavy (non-hydrogen) atoms. The van der Waals surface area contributed by atoms with Crippen molar-refractivity contribution in [3.05, 3.63) is 42.1 Å². The first-order valence-corrected chi connectivity index (χ1v) is 7.96. The number of pyridine rings is 1. The summed E-state index contributed by atoms with van der Waals surface area (Å²) < 4.78 is 0. The molecule has 1 aromatic heterocycles. The van der Waals surface area contributed by atoms with Crippen LogP contribution in [-0.4, -0.2) is 34.1 Å². The lowest BCUT2D eigenvalue weighted by Crippen LogP contribution is -2.55. The van der Waals surface area contributed by atoms with Crippen LogP contribution in [0.3, 0.4) is 0 Å². The Hall–Kier alpha value is -1.45. The highest BCUT2D eigenvalue weighted by atomic mass is 16.3. The summed E-state index contributed by atoms with van der Waals surface area (Å²) in [5.41, 5.74) is 1.07. The number of rotatable bonds is 1. The Balaban J connectivity index is 1.73. The monoisotopic (exact) mass is 282 g/mol. The van der Waals surface area contributed by atoms with Gasteiger partial charge in [-0.15, -0.1) is 0 Å². The third kappa shape index (κ3) is 2.16. The molecule has 110 valence electrons. The Bertz CT molecular complexity index is 655. The van der Waals surface area contributed by atoms with Crippen molar-refractivity contribution in [3.8, 4) is 0 Å². The number of aromatic nitrogens is 1. The van der Waals surface area contributed by atoms with E-state index in [4.69, 9.17) is 4.98 Å². The number of piperidine rings is 2. The Labute approximate surface area is 125 Å². The zero-order valence-electron chi connectivity index (χ0n) is 12.5. The molecule has 2 saturated heterocycles. The minimum absolute atomic E-state index is 0.496. The topological polar surface area (TPSA) is 36.4 Å². The molecule has 0 saturated carbocycles. The minimum atomic E-state index is -0.758. The zero-order valence-corrected chi connectivity index (χ0v) is 12.5. The molecule has 4 rings (SSSR count). The molecule has 3 heteroatoms. The van der Waals surface area contributed by atoms with Gasteiger partial charge in [-0.25, -0.2) is 4.98 Å². The predicted octanol–water partition coefficient (Wildman–Crippen LogP) is 3.07. The van der Waals surface area contributed by atoms with Gasteiger partial charge in [0, 0.05) is 17.5 Å². The molecule has 1 N–H and O–H groups in total. The first-order chi connectivity index (χ1) is 10.2. The van der Waals surface area contributed by atoms with E-state index in [1.165, 1.54) is 19.3 Å². The number of hydrogen-bond acceptors (Lipinski definition) is 3. The second-order valence-electron chi connectivity index (χ2n) is 6.73. The van der Waals surface area contributed by atoms with E-state index in [1.807, 2.05) is 24.3 Å². The molecule has 2 aromatic rings. The molecule has 1 aromatic carbocycles. The summed E-state index contributed by atoms with van der Waals surface area (Å²) in [6.07, 6.45) is 5.31. The maximum atomic E-state index is 11.2. The van der Waals surface area contributed by atoms with Gasteiger partial charge in [0.2, 0.25) is 0 Å². The smallest absolute Gasteiger partial charge is 0.109 e. The highest BCUT2D eigenvalue weighted by Gasteiger charge is 2.45. The summed E-state index contributed by atoms with van der Waals surface area (Å²) in [5.74, 6) is 0. The van der Waals surface area contributed by atoms with E-state index in [0.29, 0.717) is 12.1 Å². The molecule has 2 aliphatic rings. The van der Waals surface area contributed by atoms with Crippen molar-refractivity contribution in [1.29, 1.82) is 0 Å². The van der Waals surface area contributed by atoms with Crippen LogP contribution >= 0.6 is 0 Å². The van der Waals surface area contributed by atoms with Gasteiger partial charge in [-0.3, -0.25) is 0 Å². The summed E-state index contributed by atoms with van der Waals surface area (Å²) in [4.78, 5) is 7.23. The van der Waals surface area contributed by atoms with Gasteiger partial charge in [-0.05, 0) is 44.9 Å². The lowest BCUT2D eigenvalue weighted by molar-refractivity contribution is -0.0897. The van der Waals surface area contributed by atoms with E-state index in [9.17, 15) is 5.11 Å². The van der Waals surface area contributed by atoms with Gasteiger partial charge < -0.3 is 10.0 Å². The summed E-state index contributed by atoms with van der Waals surface area (Å²) in [6.45, 7) is 0. The van der Waals surface area contributed by atoms with Crippen LogP contribution in [0.5, 0.6) is 0 Å². The Kier molecular flexibility index (Phi) is 3.02. The Morgan fingerprint density at radius 2 is 1.81 bits per heavy atom. The van der Waals surface area contributed by atoms with Crippen molar-refractivity contribution >= 4 is 10.9 Å². The molecular formula is C18H22N2O. The highest BCUT2D eigenvalue weighted by Crippen LogP contribution is 2.43. The number of nitrogens with zero attached hydrogens (tertiary/aromatic N) is 2. The van der Waals surface area contributed by atoms with Gasteiger partial charge in [0.1, 0.15) is 5.60 Å². The number of para-hydroxylation sites is 1. The maximum Gasteiger partial charge on any atom is 0.109 e. The molecule has 3 heterocycles. The summed E-state index contributed by atoms with van der Waals surface area (Å²) in [5, 5.41) is 12.4. The average molecular weight is 282 g/mol. The minimum Gasteiger partial charge on any atom is -0.383 e. The average Bonchev–Trinajstić information content (AvgIpc) is 2.49. The SMILES string of the molecule is CN1C2CCCC1CC(O)(c1ccc3ccccc3n1)C2. The first-order valence-electron chi connectivity index (χ1n) is 7.96. The van der Waals surface area contributed by atoms with Crippen LogP contribution in [0.2, 0.25) is 0 Å². The third-order valence-electron chi connectivity index (χ3n) is 5.45. The van der Waals surface area contributed by atoms with E-state index in [0.717, 1.165) is 29.4 Å².